The number of methoxy groups -OCH3 is 1. The van der Waals surface area contributed by atoms with Crippen molar-refractivity contribution in [1.29, 1.82) is 0 Å². The number of hydrogen-bond donors (Lipinski definition) is 0. The van der Waals surface area contributed by atoms with Gasteiger partial charge in [-0.1, -0.05) is 17.7 Å². The summed E-state index contributed by atoms with van der Waals surface area (Å²) in [6.07, 6.45) is 0.886. The van der Waals surface area contributed by atoms with Crippen molar-refractivity contribution in [2.45, 2.75) is 13.8 Å². The summed E-state index contributed by atoms with van der Waals surface area (Å²) in [4.78, 5) is 10.8. The van der Waals surface area contributed by atoms with E-state index >= 15 is 0 Å². The molecule has 0 bridgehead atoms. The second-order valence-electron chi connectivity index (χ2n) is 3.26. The van der Waals surface area contributed by atoms with Crippen molar-refractivity contribution in [3.8, 4) is 5.75 Å². The molecule has 2 heteroatoms. The van der Waals surface area contributed by atoms with Crippen LogP contribution in [-0.2, 0) is 4.79 Å². The van der Waals surface area contributed by atoms with Crippen LogP contribution in [0.1, 0.15) is 19.4 Å². The number of rotatable bonds is 3. The third kappa shape index (κ3) is 2.22. The molecule has 0 aliphatic carbocycles. The minimum absolute atomic E-state index is 0.743. The Bertz CT molecular complexity index is 343. The first-order chi connectivity index (χ1) is 6.69. The van der Waals surface area contributed by atoms with E-state index in [0.717, 1.165) is 28.7 Å². The van der Waals surface area contributed by atoms with E-state index in [2.05, 4.69) is 0 Å². The predicted molar refractivity (Wildman–Crippen MR) is 57.3 cm³/mol. The van der Waals surface area contributed by atoms with Gasteiger partial charge in [-0.2, -0.15) is 0 Å². The van der Waals surface area contributed by atoms with Crippen molar-refractivity contribution in [3.05, 3.63) is 35.4 Å². The molecule has 0 saturated heterocycles. The summed E-state index contributed by atoms with van der Waals surface area (Å²) in [5.41, 5.74) is 2.69. The van der Waals surface area contributed by atoms with Crippen LogP contribution in [0.2, 0.25) is 0 Å². The maximum atomic E-state index is 10.8. The number of allylic oxidation sites excluding steroid dienone is 2. The van der Waals surface area contributed by atoms with Crippen molar-refractivity contribution in [2.24, 2.45) is 0 Å². The summed E-state index contributed by atoms with van der Waals surface area (Å²) in [6, 6.07) is 7.47. The Morgan fingerprint density at radius 1 is 1.21 bits per heavy atom. The van der Waals surface area contributed by atoms with Crippen molar-refractivity contribution in [2.75, 3.05) is 7.11 Å². The molecule has 0 fully saturated rings. The van der Waals surface area contributed by atoms with Crippen LogP contribution in [-0.4, -0.2) is 13.4 Å². The summed E-state index contributed by atoms with van der Waals surface area (Å²) in [6.45, 7) is 3.85. The number of ether oxygens (including phenoxy) is 1. The van der Waals surface area contributed by atoms with E-state index in [1.807, 2.05) is 38.1 Å². The van der Waals surface area contributed by atoms with Crippen LogP contribution in [0.5, 0.6) is 5.75 Å². The zero-order valence-electron chi connectivity index (χ0n) is 8.70. The van der Waals surface area contributed by atoms with Gasteiger partial charge in [-0.25, -0.2) is 0 Å². The lowest BCUT2D eigenvalue weighted by Crippen LogP contribution is -1.89. The predicted octanol–water partition coefficient (Wildman–Crippen LogP) is 2.69. The van der Waals surface area contributed by atoms with Gasteiger partial charge < -0.3 is 4.74 Å². The van der Waals surface area contributed by atoms with Gasteiger partial charge in [0.25, 0.3) is 0 Å². The molecule has 0 radical (unpaired) electrons. The zero-order chi connectivity index (χ0) is 10.6. The quantitative estimate of drug-likeness (QED) is 0.541. The molecule has 0 amide bonds. The molecule has 1 aromatic rings. The van der Waals surface area contributed by atoms with E-state index in [9.17, 15) is 4.79 Å². The molecule has 0 heterocycles. The van der Waals surface area contributed by atoms with Crippen molar-refractivity contribution < 1.29 is 9.53 Å². The first kappa shape index (κ1) is 10.5. The molecular formula is C12H14O2. The Labute approximate surface area is 84.2 Å². The molecule has 0 aromatic heterocycles. The molecule has 0 saturated carbocycles. The average molecular weight is 190 g/mol. The lowest BCUT2D eigenvalue weighted by atomic mass is 10.0. The van der Waals surface area contributed by atoms with Gasteiger partial charge in [0, 0.05) is 5.57 Å². The topological polar surface area (TPSA) is 26.3 Å². The number of aldehydes is 1. The molecular weight excluding hydrogens is 176 g/mol. The van der Waals surface area contributed by atoms with Crippen LogP contribution in [0, 0.1) is 0 Å². The third-order valence-electron chi connectivity index (χ3n) is 2.06. The fourth-order valence-electron chi connectivity index (χ4n) is 1.25. The largest absolute Gasteiger partial charge is 0.497 e. The van der Waals surface area contributed by atoms with E-state index in [1.165, 1.54) is 0 Å². The molecule has 0 N–H and O–H groups in total. The highest BCUT2D eigenvalue weighted by molar-refractivity contribution is 6.07. The van der Waals surface area contributed by atoms with Crippen LogP contribution >= 0.6 is 0 Å². The lowest BCUT2D eigenvalue weighted by molar-refractivity contribution is -0.103. The SMILES string of the molecule is COc1ccc(C(C=O)=C(C)C)cc1. The molecule has 14 heavy (non-hydrogen) atoms. The lowest BCUT2D eigenvalue weighted by Gasteiger charge is -2.04. The Hall–Kier alpha value is -1.57. The van der Waals surface area contributed by atoms with E-state index in [-0.39, 0.29) is 0 Å². The summed E-state index contributed by atoms with van der Waals surface area (Å²) in [5.74, 6) is 0.799. The maximum Gasteiger partial charge on any atom is 0.150 e. The van der Waals surface area contributed by atoms with Crippen LogP contribution in [0.15, 0.2) is 29.8 Å². The smallest absolute Gasteiger partial charge is 0.150 e. The van der Waals surface area contributed by atoms with Crippen molar-refractivity contribution in [3.63, 3.8) is 0 Å². The number of benzene rings is 1. The summed E-state index contributed by atoms with van der Waals surface area (Å²) < 4.78 is 5.04. The van der Waals surface area contributed by atoms with Gasteiger partial charge in [0.05, 0.1) is 7.11 Å². The Kier molecular flexibility index (Phi) is 3.46. The van der Waals surface area contributed by atoms with Gasteiger partial charge in [-0.05, 0) is 31.5 Å². The molecule has 0 aliphatic rings. The van der Waals surface area contributed by atoms with Gasteiger partial charge in [0.2, 0.25) is 0 Å². The number of hydrogen-bond acceptors (Lipinski definition) is 2. The first-order valence-electron chi connectivity index (χ1n) is 4.46. The fraction of sp³-hybridized carbons (Fsp3) is 0.250. The summed E-state index contributed by atoms with van der Waals surface area (Å²) >= 11 is 0. The summed E-state index contributed by atoms with van der Waals surface area (Å²) in [5, 5.41) is 0. The van der Waals surface area contributed by atoms with E-state index in [0.29, 0.717) is 0 Å². The molecule has 0 aliphatic heterocycles. The fourth-order valence-corrected chi connectivity index (χ4v) is 1.25. The number of carbonyl (C=O) groups excluding carboxylic acids is 1. The molecule has 2 nitrogen and oxygen atoms in total. The highest BCUT2D eigenvalue weighted by Gasteiger charge is 2.01. The number of carbonyl (C=O) groups is 1. The molecule has 74 valence electrons. The standard InChI is InChI=1S/C12H14O2/c1-9(2)12(8-13)10-4-6-11(14-3)7-5-10/h4-8H,1-3H3. The van der Waals surface area contributed by atoms with Gasteiger partial charge in [0.15, 0.2) is 6.29 Å². The highest BCUT2D eigenvalue weighted by Crippen LogP contribution is 2.19. The normalized spacial score (nSPS) is 9.36. The van der Waals surface area contributed by atoms with Crippen molar-refractivity contribution in [1.82, 2.24) is 0 Å². The van der Waals surface area contributed by atoms with Crippen LogP contribution in [0.25, 0.3) is 5.57 Å². The molecule has 0 atom stereocenters. The van der Waals surface area contributed by atoms with Crippen molar-refractivity contribution >= 4 is 11.9 Å². The maximum absolute atomic E-state index is 10.8. The van der Waals surface area contributed by atoms with Gasteiger partial charge in [0.1, 0.15) is 5.75 Å². The van der Waals surface area contributed by atoms with Gasteiger partial charge in [-0.3, -0.25) is 4.79 Å². The van der Waals surface area contributed by atoms with Crippen LogP contribution in [0.3, 0.4) is 0 Å². The van der Waals surface area contributed by atoms with Crippen LogP contribution < -0.4 is 4.74 Å². The minimum Gasteiger partial charge on any atom is -0.497 e. The van der Waals surface area contributed by atoms with Gasteiger partial charge >= 0.3 is 0 Å². The van der Waals surface area contributed by atoms with E-state index in [4.69, 9.17) is 4.74 Å². The molecule has 1 rings (SSSR count). The second kappa shape index (κ2) is 4.61. The minimum atomic E-state index is 0.743. The van der Waals surface area contributed by atoms with E-state index in [1.54, 1.807) is 7.11 Å². The highest BCUT2D eigenvalue weighted by atomic mass is 16.5. The Morgan fingerprint density at radius 2 is 1.79 bits per heavy atom. The zero-order valence-corrected chi connectivity index (χ0v) is 8.70. The van der Waals surface area contributed by atoms with E-state index < -0.39 is 0 Å². The molecule has 0 spiro atoms. The first-order valence-corrected chi connectivity index (χ1v) is 4.46. The molecule has 1 aromatic carbocycles. The summed E-state index contributed by atoms with van der Waals surface area (Å²) in [7, 11) is 1.62. The third-order valence-corrected chi connectivity index (χ3v) is 2.06. The Balaban J connectivity index is 3.08. The monoisotopic (exact) mass is 190 g/mol. The molecule has 0 unspecified atom stereocenters. The van der Waals surface area contributed by atoms with Crippen LogP contribution in [0.4, 0.5) is 0 Å². The Morgan fingerprint density at radius 3 is 2.14 bits per heavy atom. The average Bonchev–Trinajstić information content (AvgIpc) is 2.19. The van der Waals surface area contributed by atoms with Gasteiger partial charge in [-0.15, -0.1) is 0 Å². The second-order valence-corrected chi connectivity index (χ2v) is 3.26.